The largest absolute Gasteiger partial charge is 0.493 e. The number of para-hydroxylation sites is 1. The Hall–Kier alpha value is -4.39. The summed E-state index contributed by atoms with van der Waals surface area (Å²) >= 11 is 0. The maximum Gasteiger partial charge on any atom is 0.335 e. The number of amides is 4. The van der Waals surface area contributed by atoms with Crippen LogP contribution >= 0.6 is 0 Å². The van der Waals surface area contributed by atoms with Crippen LogP contribution in [-0.4, -0.2) is 25.0 Å². The number of ether oxygens (including phenoxy) is 2. The van der Waals surface area contributed by atoms with Gasteiger partial charge in [-0.25, -0.2) is 9.69 Å². The van der Waals surface area contributed by atoms with Crippen molar-refractivity contribution in [2.75, 3.05) is 12.0 Å². The first-order valence-corrected chi connectivity index (χ1v) is 10.7. The molecule has 7 nitrogen and oxygen atoms in total. The third-order valence-corrected chi connectivity index (χ3v) is 5.47. The molecule has 1 aliphatic heterocycles. The number of methoxy groups -OCH3 is 1. The first kappa shape index (κ1) is 22.8. The molecule has 1 fully saturated rings. The molecular formula is C27H24N2O5. The standard InChI is InChI=1S/C27H24N2O5/c1-17-8-10-19(11-9-17)16-34-23-13-12-20(15-24(23)33-3)14-21-25(30)28-27(32)29(26(21)31)22-7-5-4-6-18(22)2/h4-15H,16H2,1-3H3,(H,28,30,32)/b21-14+. The van der Waals surface area contributed by atoms with Crippen LogP contribution in [-0.2, 0) is 16.2 Å². The molecule has 3 aromatic rings. The number of nitrogens with zero attached hydrogens (tertiary/aromatic N) is 1. The summed E-state index contributed by atoms with van der Waals surface area (Å²) in [6, 6.07) is 19.3. The van der Waals surface area contributed by atoms with Gasteiger partial charge in [-0.05, 0) is 54.8 Å². The third kappa shape index (κ3) is 4.68. The summed E-state index contributed by atoms with van der Waals surface area (Å²) in [7, 11) is 1.52. The predicted octanol–water partition coefficient (Wildman–Crippen LogP) is 4.56. The second kappa shape index (κ2) is 9.62. The van der Waals surface area contributed by atoms with E-state index >= 15 is 0 Å². The van der Waals surface area contributed by atoms with Gasteiger partial charge in [-0.2, -0.15) is 0 Å². The summed E-state index contributed by atoms with van der Waals surface area (Å²) in [5.74, 6) is -0.460. The molecular weight excluding hydrogens is 432 g/mol. The van der Waals surface area contributed by atoms with Gasteiger partial charge in [0.15, 0.2) is 11.5 Å². The van der Waals surface area contributed by atoms with E-state index < -0.39 is 17.8 Å². The highest BCUT2D eigenvalue weighted by molar-refractivity contribution is 6.39. The lowest BCUT2D eigenvalue weighted by Gasteiger charge is -2.27. The highest BCUT2D eigenvalue weighted by Crippen LogP contribution is 2.31. The normalized spacial score (nSPS) is 14.9. The zero-order valence-electron chi connectivity index (χ0n) is 19.1. The molecule has 3 aromatic carbocycles. The fourth-order valence-electron chi connectivity index (χ4n) is 3.60. The Balaban J connectivity index is 1.60. The fourth-order valence-corrected chi connectivity index (χ4v) is 3.60. The number of carbonyl (C=O) groups is 3. The van der Waals surface area contributed by atoms with Gasteiger partial charge in [0.05, 0.1) is 12.8 Å². The highest BCUT2D eigenvalue weighted by Gasteiger charge is 2.37. The Bertz CT molecular complexity index is 1290. The lowest BCUT2D eigenvalue weighted by atomic mass is 10.1. The van der Waals surface area contributed by atoms with E-state index in [0.717, 1.165) is 16.0 Å². The van der Waals surface area contributed by atoms with Gasteiger partial charge in [0.2, 0.25) is 0 Å². The Morgan fingerprint density at radius 3 is 2.35 bits per heavy atom. The van der Waals surface area contributed by atoms with Gasteiger partial charge in [0.25, 0.3) is 11.8 Å². The Morgan fingerprint density at radius 2 is 1.65 bits per heavy atom. The molecule has 4 amide bonds. The van der Waals surface area contributed by atoms with Crippen LogP contribution in [0.5, 0.6) is 11.5 Å². The van der Waals surface area contributed by atoms with Gasteiger partial charge in [-0.15, -0.1) is 0 Å². The molecule has 0 atom stereocenters. The Kier molecular flexibility index (Phi) is 6.45. The van der Waals surface area contributed by atoms with Gasteiger partial charge >= 0.3 is 6.03 Å². The van der Waals surface area contributed by atoms with Gasteiger partial charge in [0, 0.05) is 0 Å². The van der Waals surface area contributed by atoms with Crippen molar-refractivity contribution in [1.82, 2.24) is 5.32 Å². The van der Waals surface area contributed by atoms with Crippen molar-refractivity contribution in [3.8, 4) is 11.5 Å². The first-order chi connectivity index (χ1) is 16.4. The molecule has 0 saturated carbocycles. The molecule has 0 unspecified atom stereocenters. The van der Waals surface area contributed by atoms with E-state index in [1.165, 1.54) is 18.7 Å². The topological polar surface area (TPSA) is 84.9 Å². The number of nitrogens with one attached hydrogen (secondary N) is 1. The summed E-state index contributed by atoms with van der Waals surface area (Å²) in [5, 5.41) is 2.24. The number of benzene rings is 3. The molecule has 0 radical (unpaired) electrons. The zero-order valence-corrected chi connectivity index (χ0v) is 19.1. The number of hydrogen-bond acceptors (Lipinski definition) is 5. The van der Waals surface area contributed by atoms with Crippen molar-refractivity contribution in [1.29, 1.82) is 0 Å². The molecule has 1 aliphatic rings. The number of urea groups is 1. The summed E-state index contributed by atoms with van der Waals surface area (Å²) < 4.78 is 11.4. The lowest BCUT2D eigenvalue weighted by Crippen LogP contribution is -2.54. The van der Waals surface area contributed by atoms with Gasteiger partial charge in [0.1, 0.15) is 12.2 Å². The van der Waals surface area contributed by atoms with Crippen LogP contribution in [0.15, 0.2) is 72.3 Å². The first-order valence-electron chi connectivity index (χ1n) is 10.7. The monoisotopic (exact) mass is 456 g/mol. The number of anilines is 1. The summed E-state index contributed by atoms with van der Waals surface area (Å²) in [6.45, 7) is 4.18. The number of rotatable bonds is 6. The van der Waals surface area contributed by atoms with E-state index in [9.17, 15) is 14.4 Å². The molecule has 1 saturated heterocycles. The number of hydrogen-bond donors (Lipinski definition) is 1. The SMILES string of the molecule is COc1cc(/C=C2\C(=O)NC(=O)N(c3ccccc3C)C2=O)ccc1OCc1ccc(C)cc1. The van der Waals surface area contributed by atoms with Crippen molar-refractivity contribution in [3.05, 3.63) is 94.6 Å². The second-order valence-electron chi connectivity index (χ2n) is 7.93. The average Bonchev–Trinajstić information content (AvgIpc) is 2.83. The van der Waals surface area contributed by atoms with Crippen LogP contribution in [0.3, 0.4) is 0 Å². The molecule has 0 aliphatic carbocycles. The van der Waals surface area contributed by atoms with E-state index in [2.05, 4.69) is 5.32 Å². The number of barbiturate groups is 1. The van der Waals surface area contributed by atoms with E-state index in [1.807, 2.05) is 37.3 Å². The molecule has 0 spiro atoms. The molecule has 1 N–H and O–H groups in total. The van der Waals surface area contributed by atoms with E-state index in [1.54, 1.807) is 43.3 Å². The fraction of sp³-hybridized carbons (Fsp3) is 0.148. The molecule has 1 heterocycles. The van der Waals surface area contributed by atoms with Crippen molar-refractivity contribution >= 4 is 29.6 Å². The minimum absolute atomic E-state index is 0.154. The lowest BCUT2D eigenvalue weighted by molar-refractivity contribution is -0.122. The highest BCUT2D eigenvalue weighted by atomic mass is 16.5. The van der Waals surface area contributed by atoms with E-state index in [4.69, 9.17) is 9.47 Å². The van der Waals surface area contributed by atoms with Crippen LogP contribution in [0.1, 0.15) is 22.3 Å². The number of aryl methyl sites for hydroxylation is 2. The van der Waals surface area contributed by atoms with Crippen molar-refractivity contribution in [2.24, 2.45) is 0 Å². The van der Waals surface area contributed by atoms with E-state index in [0.29, 0.717) is 29.4 Å². The molecule has 34 heavy (non-hydrogen) atoms. The van der Waals surface area contributed by atoms with Crippen LogP contribution < -0.4 is 19.7 Å². The minimum atomic E-state index is -0.779. The number of imide groups is 2. The predicted molar refractivity (Wildman–Crippen MR) is 129 cm³/mol. The molecule has 172 valence electrons. The molecule has 7 heteroatoms. The zero-order chi connectivity index (χ0) is 24.2. The van der Waals surface area contributed by atoms with Gasteiger partial charge in [-0.1, -0.05) is 54.1 Å². The van der Waals surface area contributed by atoms with Crippen molar-refractivity contribution < 1.29 is 23.9 Å². The van der Waals surface area contributed by atoms with Crippen LogP contribution in [0.25, 0.3) is 6.08 Å². The van der Waals surface area contributed by atoms with Gasteiger partial charge < -0.3 is 9.47 Å². The van der Waals surface area contributed by atoms with Crippen LogP contribution in [0.2, 0.25) is 0 Å². The number of carbonyl (C=O) groups excluding carboxylic acids is 3. The minimum Gasteiger partial charge on any atom is -0.493 e. The second-order valence-corrected chi connectivity index (χ2v) is 7.93. The maximum absolute atomic E-state index is 13.1. The summed E-state index contributed by atoms with van der Waals surface area (Å²) in [4.78, 5) is 39.0. The van der Waals surface area contributed by atoms with E-state index in [-0.39, 0.29) is 5.57 Å². The summed E-state index contributed by atoms with van der Waals surface area (Å²) in [6.07, 6.45) is 1.43. The molecule has 4 rings (SSSR count). The third-order valence-electron chi connectivity index (χ3n) is 5.47. The van der Waals surface area contributed by atoms with Crippen LogP contribution in [0.4, 0.5) is 10.5 Å². The Morgan fingerprint density at radius 1 is 0.912 bits per heavy atom. The van der Waals surface area contributed by atoms with Gasteiger partial charge in [-0.3, -0.25) is 14.9 Å². The quantitative estimate of drug-likeness (QED) is 0.434. The maximum atomic E-state index is 13.1. The average molecular weight is 456 g/mol. The smallest absolute Gasteiger partial charge is 0.335 e. The molecule has 0 bridgehead atoms. The van der Waals surface area contributed by atoms with Crippen molar-refractivity contribution in [3.63, 3.8) is 0 Å². The van der Waals surface area contributed by atoms with Crippen LogP contribution in [0, 0.1) is 13.8 Å². The van der Waals surface area contributed by atoms with Crippen molar-refractivity contribution in [2.45, 2.75) is 20.5 Å². The molecule has 0 aromatic heterocycles. The summed E-state index contributed by atoms with van der Waals surface area (Å²) in [5.41, 5.74) is 3.74. The Labute approximate surface area is 197 Å².